The Morgan fingerprint density at radius 2 is 2.18 bits per heavy atom. The van der Waals surface area contributed by atoms with E-state index in [0.717, 1.165) is 0 Å². The van der Waals surface area contributed by atoms with Crippen molar-refractivity contribution in [2.45, 2.75) is 0 Å². The topological polar surface area (TPSA) is 67.6 Å². The molecule has 2 aromatic heterocycles. The lowest BCUT2D eigenvalue weighted by atomic mass is 10.8. The average molecular weight is 172 g/mol. The Balaban J connectivity index is 0.000000167. The van der Waals surface area contributed by atoms with Gasteiger partial charge in [0.15, 0.2) is 0 Å². The number of H-pyrrole nitrogens is 1. The molecule has 0 spiro atoms. The van der Waals surface area contributed by atoms with Gasteiger partial charge in [-0.3, -0.25) is 5.10 Å². The summed E-state index contributed by atoms with van der Waals surface area (Å²) in [6, 6.07) is 1.83. The number of nitrogens with zero attached hydrogens (tertiary/aromatic N) is 3. The summed E-state index contributed by atoms with van der Waals surface area (Å²) < 4.78 is 4.22. The van der Waals surface area contributed by atoms with Crippen LogP contribution in [-0.4, -0.2) is 20.6 Å². The highest BCUT2D eigenvalue weighted by atomic mass is 32.1. The van der Waals surface area contributed by atoms with E-state index in [1.807, 2.05) is 6.07 Å². The zero-order valence-corrected chi connectivity index (χ0v) is 6.64. The molecule has 0 unspecified atom stereocenters. The van der Waals surface area contributed by atoms with Crippen LogP contribution in [0.25, 0.3) is 0 Å². The highest BCUT2D eigenvalue weighted by Crippen LogP contribution is 1.65. The van der Waals surface area contributed by atoms with Crippen LogP contribution in [0.1, 0.15) is 0 Å². The number of aromatic nitrogens is 4. The molecule has 0 bridgehead atoms. The van der Waals surface area contributed by atoms with E-state index >= 15 is 0 Å². The number of nitrogens with one attached hydrogen (secondary N) is 1. The molecule has 0 aliphatic rings. The van der Waals surface area contributed by atoms with Crippen molar-refractivity contribution in [3.05, 3.63) is 30.9 Å². The smallest absolute Gasteiger partial charge is 0.144 e. The first-order valence-corrected chi connectivity index (χ1v) is 2.65. The number of rotatable bonds is 0. The Labute approximate surface area is 70.2 Å². The molecule has 2 rings (SSSR count). The van der Waals surface area contributed by atoms with Crippen molar-refractivity contribution in [3.63, 3.8) is 0 Å². The normalized spacial score (nSPS) is 7.27. The van der Waals surface area contributed by atoms with Gasteiger partial charge in [-0.2, -0.15) is 18.6 Å². The summed E-state index contributed by atoms with van der Waals surface area (Å²) in [6.07, 6.45) is 6.33. The molecule has 0 aromatic carbocycles. The zero-order chi connectivity index (χ0) is 7.07. The molecule has 0 amide bonds. The van der Waals surface area contributed by atoms with Crippen molar-refractivity contribution in [3.8, 4) is 0 Å². The summed E-state index contributed by atoms with van der Waals surface area (Å²) in [6.45, 7) is 0. The Morgan fingerprint density at radius 3 is 2.36 bits per heavy atom. The van der Waals surface area contributed by atoms with Crippen LogP contribution in [0.5, 0.6) is 0 Å². The van der Waals surface area contributed by atoms with Crippen molar-refractivity contribution < 1.29 is 4.52 Å². The van der Waals surface area contributed by atoms with E-state index < -0.39 is 0 Å². The van der Waals surface area contributed by atoms with E-state index in [0.29, 0.717) is 0 Å². The van der Waals surface area contributed by atoms with Crippen molar-refractivity contribution in [2.24, 2.45) is 0 Å². The summed E-state index contributed by atoms with van der Waals surface area (Å²) in [4.78, 5) is 0. The summed E-state index contributed by atoms with van der Waals surface area (Å²) in [5.74, 6) is 0. The van der Waals surface area contributed by atoms with Crippen LogP contribution in [0.2, 0.25) is 0 Å². The van der Waals surface area contributed by atoms with Gasteiger partial charge < -0.3 is 4.52 Å². The molecule has 1 N–H and O–H groups in total. The lowest BCUT2D eigenvalue weighted by molar-refractivity contribution is 0.393. The minimum absolute atomic E-state index is 0. The highest BCUT2D eigenvalue weighted by Gasteiger charge is 1.61. The second kappa shape index (κ2) is 6.81. The average Bonchev–Trinajstić information content (AvgIpc) is 2.67. The van der Waals surface area contributed by atoms with E-state index in [-0.39, 0.29) is 13.5 Å². The Hall–Kier alpha value is -1.30. The van der Waals surface area contributed by atoms with E-state index in [2.05, 4.69) is 25.1 Å². The third-order valence-electron chi connectivity index (χ3n) is 0.689. The molecule has 2 heterocycles. The Morgan fingerprint density at radius 1 is 1.27 bits per heavy atom. The van der Waals surface area contributed by atoms with Gasteiger partial charge in [-0.1, -0.05) is 0 Å². The van der Waals surface area contributed by atoms with Crippen molar-refractivity contribution in [2.75, 3.05) is 0 Å². The van der Waals surface area contributed by atoms with E-state index in [9.17, 15) is 0 Å². The maximum Gasteiger partial charge on any atom is 0.144 e. The first kappa shape index (κ1) is 9.70. The van der Waals surface area contributed by atoms with E-state index in [4.69, 9.17) is 0 Å². The van der Waals surface area contributed by atoms with Crippen LogP contribution >= 0.6 is 13.5 Å². The molecule has 0 aliphatic heterocycles. The molecule has 2 aromatic rings. The number of hydrogen-bond donors (Lipinski definition) is 1. The summed E-state index contributed by atoms with van der Waals surface area (Å²) >= 11 is 0. The first-order valence-electron chi connectivity index (χ1n) is 2.65. The maximum atomic E-state index is 4.22. The number of hydrogen-bond acceptors (Lipinski definition) is 4. The summed E-state index contributed by atoms with van der Waals surface area (Å²) in [5.41, 5.74) is 0. The minimum atomic E-state index is 0. The molecule has 0 aliphatic carbocycles. The fraction of sp³-hybridized carbons (Fsp3) is 0. The van der Waals surface area contributed by atoms with E-state index in [1.54, 1.807) is 12.4 Å². The van der Waals surface area contributed by atoms with Gasteiger partial charge in [0.1, 0.15) is 6.26 Å². The van der Waals surface area contributed by atoms with Crippen LogP contribution in [-0.2, 0) is 0 Å². The van der Waals surface area contributed by atoms with Gasteiger partial charge in [-0.05, 0) is 6.07 Å². The summed E-state index contributed by atoms with van der Waals surface area (Å²) in [7, 11) is 0. The van der Waals surface area contributed by atoms with Gasteiger partial charge in [0.2, 0.25) is 0 Å². The molecule has 0 fully saturated rings. The fourth-order valence-electron chi connectivity index (χ4n) is 0.351. The molecule has 60 valence electrons. The van der Waals surface area contributed by atoms with Gasteiger partial charge in [0.25, 0.3) is 0 Å². The van der Waals surface area contributed by atoms with Gasteiger partial charge in [0.05, 0.1) is 6.20 Å². The van der Waals surface area contributed by atoms with Crippen LogP contribution in [0, 0.1) is 0 Å². The van der Waals surface area contributed by atoms with Gasteiger partial charge in [0, 0.05) is 17.7 Å². The van der Waals surface area contributed by atoms with E-state index in [1.165, 1.54) is 12.5 Å². The second-order valence-electron chi connectivity index (χ2n) is 1.35. The lowest BCUT2D eigenvalue weighted by Gasteiger charge is -1.49. The van der Waals surface area contributed by atoms with Crippen LogP contribution in [0.3, 0.4) is 0 Å². The minimum Gasteiger partial charge on any atom is -0.346 e. The molecule has 0 atom stereocenters. The zero-order valence-electron chi connectivity index (χ0n) is 5.64. The van der Waals surface area contributed by atoms with Gasteiger partial charge in [-0.25, -0.2) is 0 Å². The van der Waals surface area contributed by atoms with Gasteiger partial charge in [-0.15, -0.1) is 5.10 Å². The van der Waals surface area contributed by atoms with Crippen molar-refractivity contribution >= 4 is 13.5 Å². The molecule has 0 saturated heterocycles. The Bertz CT molecular complexity index is 158. The molecule has 6 heteroatoms. The molecular weight excluding hydrogens is 164 g/mol. The monoisotopic (exact) mass is 172 g/mol. The van der Waals surface area contributed by atoms with Gasteiger partial charge >= 0.3 is 0 Å². The molecule has 5 nitrogen and oxygen atoms in total. The van der Waals surface area contributed by atoms with Crippen LogP contribution < -0.4 is 0 Å². The molecule has 0 radical (unpaired) electrons. The highest BCUT2D eigenvalue weighted by molar-refractivity contribution is 7.59. The van der Waals surface area contributed by atoms with Crippen molar-refractivity contribution in [1.29, 1.82) is 0 Å². The largest absolute Gasteiger partial charge is 0.346 e. The third kappa shape index (κ3) is 5.16. The fourth-order valence-corrected chi connectivity index (χ4v) is 0.351. The van der Waals surface area contributed by atoms with Crippen LogP contribution in [0.4, 0.5) is 0 Å². The first-order chi connectivity index (χ1) is 5.00. The molecular formula is C5H8N4OS. The third-order valence-corrected chi connectivity index (χ3v) is 0.689. The maximum absolute atomic E-state index is 4.22. The Kier molecular flexibility index (Phi) is 6.01. The standard InChI is InChI=1S/C3H4N2.C2H2N2O.H2S/c1-2-4-5-3-1;1-2-5-4-3-1;/h1-3H,(H,4,5);1-2H;1H2. The predicted molar refractivity (Wildman–Crippen MR) is 43.3 cm³/mol. The SMILES string of the molecule is S.c1cn[nH]c1.c1conn1. The number of aromatic amines is 1. The van der Waals surface area contributed by atoms with Crippen LogP contribution in [0.15, 0.2) is 35.4 Å². The molecule has 0 saturated carbocycles. The molecule has 11 heavy (non-hydrogen) atoms. The predicted octanol–water partition coefficient (Wildman–Crippen LogP) is 0.592. The lowest BCUT2D eigenvalue weighted by Crippen LogP contribution is -1.53. The summed E-state index contributed by atoms with van der Waals surface area (Å²) in [5, 5.41) is 12.6. The van der Waals surface area contributed by atoms with Crippen molar-refractivity contribution in [1.82, 2.24) is 20.6 Å². The second-order valence-corrected chi connectivity index (χ2v) is 1.35. The quantitative estimate of drug-likeness (QED) is 0.631.